The Hall–Kier alpha value is -0.160. The molecule has 1 aliphatic rings. The Labute approximate surface area is 118 Å². The summed E-state index contributed by atoms with van der Waals surface area (Å²) in [5.41, 5.74) is 0.137. The molecule has 0 aromatic rings. The molecule has 0 spiro atoms. The minimum atomic E-state index is -0.00796. The zero-order valence-corrected chi connectivity index (χ0v) is 13.6. The molecular weight excluding hydrogens is 240 g/mol. The topological polar surface area (TPSA) is 33.7 Å². The maximum absolute atomic E-state index is 5.68. The van der Waals surface area contributed by atoms with E-state index in [0.29, 0.717) is 6.04 Å². The van der Waals surface area contributed by atoms with E-state index in [1.807, 2.05) is 7.11 Å². The van der Waals surface area contributed by atoms with E-state index in [0.717, 1.165) is 32.7 Å². The van der Waals surface area contributed by atoms with Crippen LogP contribution in [0.1, 0.15) is 40.5 Å². The summed E-state index contributed by atoms with van der Waals surface area (Å²) in [6.07, 6.45) is 2.34. The molecule has 0 aromatic carbocycles. The van der Waals surface area contributed by atoms with Crippen LogP contribution >= 0.6 is 0 Å². The van der Waals surface area contributed by atoms with Crippen LogP contribution in [0.25, 0.3) is 0 Å². The molecule has 4 heteroatoms. The van der Waals surface area contributed by atoms with Gasteiger partial charge in [-0.05, 0) is 47.1 Å². The van der Waals surface area contributed by atoms with Gasteiger partial charge in [-0.2, -0.15) is 0 Å². The van der Waals surface area contributed by atoms with Crippen LogP contribution in [0.2, 0.25) is 0 Å². The van der Waals surface area contributed by atoms with Crippen LogP contribution in [0.5, 0.6) is 0 Å². The predicted molar refractivity (Wildman–Crippen MR) is 79.6 cm³/mol. The fourth-order valence-electron chi connectivity index (χ4n) is 2.63. The Bertz CT molecular complexity index is 265. The average Bonchev–Trinajstić information content (AvgIpc) is 2.33. The molecule has 0 bridgehead atoms. The Morgan fingerprint density at radius 3 is 2.53 bits per heavy atom. The molecule has 4 nitrogen and oxygen atoms in total. The molecule has 0 radical (unpaired) electrons. The average molecular weight is 272 g/mol. The van der Waals surface area contributed by atoms with Gasteiger partial charge in [0.15, 0.2) is 0 Å². The number of likely N-dealkylation sites (tertiary alicyclic amines) is 1. The maximum atomic E-state index is 5.68. The van der Waals surface area contributed by atoms with Crippen LogP contribution in [-0.4, -0.2) is 62.5 Å². The molecule has 1 saturated heterocycles. The van der Waals surface area contributed by atoms with E-state index in [-0.39, 0.29) is 11.1 Å². The lowest BCUT2D eigenvalue weighted by Gasteiger charge is -2.43. The number of nitrogens with zero attached hydrogens (tertiary/aromatic N) is 1. The van der Waals surface area contributed by atoms with Crippen LogP contribution < -0.4 is 5.32 Å². The first-order valence-corrected chi connectivity index (χ1v) is 7.33. The summed E-state index contributed by atoms with van der Waals surface area (Å²) < 4.78 is 11.1. The van der Waals surface area contributed by atoms with Crippen molar-refractivity contribution in [2.45, 2.75) is 57.7 Å². The van der Waals surface area contributed by atoms with Crippen molar-refractivity contribution in [1.29, 1.82) is 0 Å². The SMILES string of the molecule is COCC(CNC(C)(C)C)N1CCCC(C)(OC)C1. The third kappa shape index (κ3) is 5.78. The fraction of sp³-hybridized carbons (Fsp3) is 1.00. The summed E-state index contributed by atoms with van der Waals surface area (Å²) in [6.45, 7) is 12.7. The van der Waals surface area contributed by atoms with Gasteiger partial charge in [0.25, 0.3) is 0 Å². The Morgan fingerprint density at radius 1 is 1.32 bits per heavy atom. The summed E-state index contributed by atoms with van der Waals surface area (Å²) in [7, 11) is 3.60. The van der Waals surface area contributed by atoms with Crippen molar-refractivity contribution >= 4 is 0 Å². The van der Waals surface area contributed by atoms with Crippen LogP contribution in [0.3, 0.4) is 0 Å². The van der Waals surface area contributed by atoms with Gasteiger partial charge in [0, 0.05) is 38.9 Å². The van der Waals surface area contributed by atoms with Crippen LogP contribution in [0.15, 0.2) is 0 Å². The first-order valence-electron chi connectivity index (χ1n) is 7.33. The zero-order chi connectivity index (χ0) is 14.5. The third-order valence-corrected chi connectivity index (χ3v) is 3.92. The third-order valence-electron chi connectivity index (χ3n) is 3.92. The molecule has 0 aromatic heterocycles. The van der Waals surface area contributed by atoms with Gasteiger partial charge >= 0.3 is 0 Å². The van der Waals surface area contributed by atoms with Gasteiger partial charge in [-0.25, -0.2) is 0 Å². The molecule has 1 aliphatic heterocycles. The highest BCUT2D eigenvalue weighted by Gasteiger charge is 2.34. The van der Waals surface area contributed by atoms with Crippen LogP contribution in [0.4, 0.5) is 0 Å². The second kappa shape index (κ2) is 7.02. The van der Waals surface area contributed by atoms with Gasteiger partial charge < -0.3 is 14.8 Å². The van der Waals surface area contributed by atoms with Crippen LogP contribution in [0, 0.1) is 0 Å². The van der Waals surface area contributed by atoms with Crippen molar-refractivity contribution in [2.75, 3.05) is 40.5 Å². The summed E-state index contributed by atoms with van der Waals surface area (Å²) in [5.74, 6) is 0. The van der Waals surface area contributed by atoms with Gasteiger partial charge in [0.05, 0.1) is 12.2 Å². The molecule has 1 fully saturated rings. The van der Waals surface area contributed by atoms with E-state index in [9.17, 15) is 0 Å². The molecule has 2 unspecified atom stereocenters. The van der Waals surface area contributed by atoms with Crippen molar-refractivity contribution in [1.82, 2.24) is 10.2 Å². The van der Waals surface area contributed by atoms with Crippen molar-refractivity contribution < 1.29 is 9.47 Å². The first-order chi connectivity index (χ1) is 8.79. The molecule has 1 heterocycles. The summed E-state index contributed by atoms with van der Waals surface area (Å²) in [5, 5.41) is 3.59. The van der Waals surface area contributed by atoms with Crippen molar-refractivity contribution in [2.24, 2.45) is 0 Å². The number of nitrogens with one attached hydrogen (secondary N) is 1. The van der Waals surface area contributed by atoms with Gasteiger partial charge in [0.2, 0.25) is 0 Å². The van der Waals surface area contributed by atoms with Gasteiger partial charge in [-0.3, -0.25) is 4.90 Å². The number of methoxy groups -OCH3 is 2. The first kappa shape index (κ1) is 16.9. The molecule has 1 N–H and O–H groups in total. The van der Waals surface area contributed by atoms with Gasteiger partial charge in [-0.1, -0.05) is 0 Å². The summed E-state index contributed by atoms with van der Waals surface area (Å²) in [4.78, 5) is 2.51. The van der Waals surface area contributed by atoms with E-state index < -0.39 is 0 Å². The molecule has 0 aliphatic carbocycles. The normalized spacial score (nSPS) is 27.5. The number of piperidine rings is 1. The zero-order valence-electron chi connectivity index (χ0n) is 13.6. The van der Waals surface area contributed by atoms with Crippen LogP contribution in [-0.2, 0) is 9.47 Å². The lowest BCUT2D eigenvalue weighted by Crippen LogP contribution is -2.56. The van der Waals surface area contributed by atoms with E-state index >= 15 is 0 Å². The monoisotopic (exact) mass is 272 g/mol. The molecule has 2 atom stereocenters. The van der Waals surface area contributed by atoms with E-state index in [2.05, 4.69) is 37.9 Å². The Morgan fingerprint density at radius 2 is 2.00 bits per heavy atom. The minimum Gasteiger partial charge on any atom is -0.383 e. The second-order valence-electron chi connectivity index (χ2n) is 6.97. The lowest BCUT2D eigenvalue weighted by molar-refractivity contribution is -0.0684. The van der Waals surface area contributed by atoms with Crippen molar-refractivity contribution in [3.8, 4) is 0 Å². The van der Waals surface area contributed by atoms with E-state index in [1.165, 1.54) is 6.42 Å². The van der Waals surface area contributed by atoms with E-state index in [4.69, 9.17) is 9.47 Å². The smallest absolute Gasteiger partial charge is 0.0777 e. The highest BCUT2D eigenvalue weighted by atomic mass is 16.5. The van der Waals surface area contributed by atoms with Gasteiger partial charge in [-0.15, -0.1) is 0 Å². The second-order valence-corrected chi connectivity index (χ2v) is 6.97. The fourth-order valence-corrected chi connectivity index (χ4v) is 2.63. The molecule has 1 rings (SSSR count). The molecular formula is C15H32N2O2. The summed E-state index contributed by atoms with van der Waals surface area (Å²) >= 11 is 0. The van der Waals surface area contributed by atoms with Gasteiger partial charge in [0.1, 0.15) is 0 Å². The largest absolute Gasteiger partial charge is 0.383 e. The van der Waals surface area contributed by atoms with Crippen molar-refractivity contribution in [3.63, 3.8) is 0 Å². The summed E-state index contributed by atoms with van der Waals surface area (Å²) in [6, 6.07) is 0.416. The highest BCUT2D eigenvalue weighted by molar-refractivity contribution is 4.89. The number of hydrogen-bond donors (Lipinski definition) is 1. The highest BCUT2D eigenvalue weighted by Crippen LogP contribution is 2.25. The quantitative estimate of drug-likeness (QED) is 0.800. The standard InChI is InChI=1S/C15H32N2O2/c1-14(2,3)16-10-13(11-18-5)17-9-7-8-15(4,12-17)19-6/h13,16H,7-12H2,1-6H3. The maximum Gasteiger partial charge on any atom is 0.0777 e. The lowest BCUT2D eigenvalue weighted by atomic mass is 9.93. The van der Waals surface area contributed by atoms with E-state index in [1.54, 1.807) is 7.11 Å². The molecule has 0 amide bonds. The number of hydrogen-bond acceptors (Lipinski definition) is 4. The minimum absolute atomic E-state index is 0.00796. The Balaban J connectivity index is 2.59. The number of rotatable bonds is 6. The molecule has 19 heavy (non-hydrogen) atoms. The predicted octanol–water partition coefficient (Wildman–Crippen LogP) is 1.89. The molecule has 114 valence electrons. The Kier molecular flexibility index (Phi) is 6.24. The molecule has 0 saturated carbocycles. The number of ether oxygens (including phenoxy) is 2. The van der Waals surface area contributed by atoms with Crippen molar-refractivity contribution in [3.05, 3.63) is 0 Å².